The van der Waals surface area contributed by atoms with Gasteiger partial charge in [-0.05, 0) is 91.5 Å². The first-order valence-electron chi connectivity index (χ1n) is 9.71. The van der Waals surface area contributed by atoms with Crippen molar-refractivity contribution in [3.63, 3.8) is 0 Å². The summed E-state index contributed by atoms with van der Waals surface area (Å²) in [5.41, 5.74) is 4.35. The van der Waals surface area contributed by atoms with Crippen LogP contribution in [0.1, 0.15) is 67.2 Å². The molecule has 0 spiro atoms. The maximum Gasteiger partial charge on any atom is 0.123 e. The molecule has 0 amide bonds. The summed E-state index contributed by atoms with van der Waals surface area (Å²) in [6.07, 6.45) is 11.6. The first-order chi connectivity index (χ1) is 12.7. The van der Waals surface area contributed by atoms with Crippen molar-refractivity contribution < 1.29 is 4.39 Å². The maximum absolute atomic E-state index is 13.0. The lowest BCUT2D eigenvalue weighted by Gasteiger charge is -2.23. The molecule has 0 atom stereocenters. The molecule has 0 bridgehead atoms. The van der Waals surface area contributed by atoms with E-state index in [0.29, 0.717) is 0 Å². The zero-order valence-corrected chi connectivity index (χ0v) is 19.4. The molecular formula is C24H35FS2. The number of rotatable bonds is 11. The van der Waals surface area contributed by atoms with Crippen LogP contribution in [0.3, 0.4) is 0 Å². The van der Waals surface area contributed by atoms with E-state index in [1.165, 1.54) is 35.3 Å². The average Bonchev–Trinajstić information content (AvgIpc) is 2.56. The molecule has 27 heavy (non-hydrogen) atoms. The molecule has 0 aliphatic carbocycles. The van der Waals surface area contributed by atoms with Gasteiger partial charge in [0.1, 0.15) is 5.82 Å². The number of allylic oxidation sites excluding steroid dienone is 5. The van der Waals surface area contributed by atoms with E-state index in [4.69, 9.17) is 0 Å². The molecule has 1 rings (SSSR count). The lowest BCUT2D eigenvalue weighted by atomic mass is 10.1. The van der Waals surface area contributed by atoms with Crippen molar-refractivity contribution >= 4 is 23.5 Å². The Morgan fingerprint density at radius 1 is 0.889 bits per heavy atom. The molecule has 0 radical (unpaired) electrons. The maximum atomic E-state index is 13.0. The highest BCUT2D eigenvalue weighted by Gasteiger charge is 2.19. The van der Waals surface area contributed by atoms with Crippen molar-refractivity contribution in [1.82, 2.24) is 0 Å². The summed E-state index contributed by atoms with van der Waals surface area (Å²) in [7, 11) is 0. The molecule has 1 aromatic carbocycles. The van der Waals surface area contributed by atoms with Gasteiger partial charge in [-0.1, -0.05) is 34.9 Å². The largest absolute Gasteiger partial charge is 0.207 e. The molecule has 0 saturated heterocycles. The summed E-state index contributed by atoms with van der Waals surface area (Å²) in [5.74, 6) is 0.834. The fourth-order valence-corrected chi connectivity index (χ4v) is 4.88. The summed E-state index contributed by atoms with van der Waals surface area (Å²) in [5, 5.41) is 0. The van der Waals surface area contributed by atoms with Crippen molar-refractivity contribution in [3.05, 3.63) is 65.0 Å². The molecule has 1 aromatic rings. The van der Waals surface area contributed by atoms with Gasteiger partial charge in [-0.25, -0.2) is 4.39 Å². The minimum absolute atomic E-state index is 0.0655. The fraction of sp³-hybridized carbons (Fsp3) is 0.500. The Morgan fingerprint density at radius 3 is 2.04 bits per heavy atom. The van der Waals surface area contributed by atoms with E-state index in [-0.39, 0.29) is 9.90 Å². The van der Waals surface area contributed by atoms with Gasteiger partial charge in [0.05, 0.1) is 4.08 Å². The molecule has 0 nitrogen and oxygen atoms in total. The van der Waals surface area contributed by atoms with Gasteiger partial charge in [0.2, 0.25) is 0 Å². The van der Waals surface area contributed by atoms with Crippen LogP contribution in [0.4, 0.5) is 4.39 Å². The van der Waals surface area contributed by atoms with Crippen LogP contribution in [0.15, 0.2) is 64.1 Å². The smallest absolute Gasteiger partial charge is 0.123 e. The third kappa shape index (κ3) is 12.2. The molecule has 0 unspecified atom stereocenters. The number of halogens is 1. The SMILES string of the molecule is CC(C)=CCCC(C)=CCCC(C)=CCSC(C)(C)Sc1ccc(F)cc1. The Kier molecular flexibility index (Phi) is 11.2. The van der Waals surface area contributed by atoms with Gasteiger partial charge in [0.15, 0.2) is 0 Å². The van der Waals surface area contributed by atoms with Crippen LogP contribution in [0.2, 0.25) is 0 Å². The van der Waals surface area contributed by atoms with Crippen molar-refractivity contribution in [2.24, 2.45) is 0 Å². The van der Waals surface area contributed by atoms with Crippen LogP contribution < -0.4 is 0 Å². The number of benzene rings is 1. The van der Waals surface area contributed by atoms with Crippen molar-refractivity contribution in [3.8, 4) is 0 Å². The lowest BCUT2D eigenvalue weighted by Crippen LogP contribution is -2.09. The Morgan fingerprint density at radius 2 is 1.44 bits per heavy atom. The van der Waals surface area contributed by atoms with Crippen LogP contribution in [0, 0.1) is 5.82 Å². The second kappa shape index (κ2) is 12.5. The number of hydrogen-bond donors (Lipinski definition) is 0. The molecule has 3 heteroatoms. The van der Waals surface area contributed by atoms with Crippen LogP contribution in [-0.2, 0) is 0 Å². The van der Waals surface area contributed by atoms with Gasteiger partial charge in [0.25, 0.3) is 0 Å². The van der Waals surface area contributed by atoms with Gasteiger partial charge < -0.3 is 0 Å². The Balaban J connectivity index is 2.34. The van der Waals surface area contributed by atoms with E-state index in [0.717, 1.165) is 29.9 Å². The molecule has 0 saturated carbocycles. The Hall–Kier alpha value is -0.930. The van der Waals surface area contributed by atoms with Gasteiger partial charge in [-0.2, -0.15) is 0 Å². The van der Waals surface area contributed by atoms with E-state index in [2.05, 4.69) is 59.8 Å². The van der Waals surface area contributed by atoms with Crippen molar-refractivity contribution in [2.75, 3.05) is 5.75 Å². The highest BCUT2D eigenvalue weighted by Crippen LogP contribution is 2.41. The van der Waals surface area contributed by atoms with Gasteiger partial charge >= 0.3 is 0 Å². The zero-order valence-electron chi connectivity index (χ0n) is 17.8. The summed E-state index contributed by atoms with van der Waals surface area (Å²) < 4.78 is 13.1. The lowest BCUT2D eigenvalue weighted by molar-refractivity contribution is 0.626. The Labute approximate surface area is 174 Å². The fourth-order valence-electron chi connectivity index (χ4n) is 2.54. The van der Waals surface area contributed by atoms with E-state index < -0.39 is 0 Å². The molecule has 0 aromatic heterocycles. The monoisotopic (exact) mass is 406 g/mol. The van der Waals surface area contributed by atoms with Gasteiger partial charge in [-0.3, -0.25) is 0 Å². The molecule has 0 heterocycles. The normalized spacial score (nSPS) is 13.0. The summed E-state index contributed by atoms with van der Waals surface area (Å²) >= 11 is 3.72. The molecule has 0 N–H and O–H groups in total. The first-order valence-corrected chi connectivity index (χ1v) is 11.5. The molecule has 0 aliphatic rings. The Bertz CT molecular complexity index is 647. The van der Waals surface area contributed by atoms with Crippen LogP contribution in [0.25, 0.3) is 0 Å². The summed E-state index contributed by atoms with van der Waals surface area (Å²) in [4.78, 5) is 1.11. The molecule has 150 valence electrons. The second-order valence-electron chi connectivity index (χ2n) is 7.73. The second-order valence-corrected chi connectivity index (χ2v) is 11.3. The quantitative estimate of drug-likeness (QED) is 0.204. The molecular weight excluding hydrogens is 371 g/mol. The van der Waals surface area contributed by atoms with Crippen LogP contribution in [0.5, 0.6) is 0 Å². The van der Waals surface area contributed by atoms with Crippen molar-refractivity contribution in [1.29, 1.82) is 0 Å². The van der Waals surface area contributed by atoms with Gasteiger partial charge in [0, 0.05) is 10.6 Å². The van der Waals surface area contributed by atoms with E-state index in [9.17, 15) is 4.39 Å². The number of hydrogen-bond acceptors (Lipinski definition) is 2. The van der Waals surface area contributed by atoms with Crippen molar-refractivity contribution in [2.45, 2.75) is 76.2 Å². The van der Waals surface area contributed by atoms with Crippen LogP contribution >= 0.6 is 23.5 Å². The number of thioether (sulfide) groups is 2. The highest BCUT2D eigenvalue weighted by atomic mass is 32.2. The predicted octanol–water partition coefficient (Wildman–Crippen LogP) is 8.81. The standard InChI is InChI=1S/C24H35FS2/c1-19(2)9-7-10-20(3)11-8-12-21(4)17-18-26-24(5,6)27-23-15-13-22(25)14-16-23/h9,11,13-17H,7-8,10,12,18H2,1-6H3. The third-order valence-electron chi connectivity index (χ3n) is 4.16. The average molecular weight is 407 g/mol. The van der Waals surface area contributed by atoms with Gasteiger partial charge in [-0.15, -0.1) is 23.5 Å². The zero-order chi connectivity index (χ0) is 20.3. The summed E-state index contributed by atoms with van der Waals surface area (Å²) in [6.45, 7) is 13.2. The third-order valence-corrected chi connectivity index (χ3v) is 6.79. The minimum atomic E-state index is -0.176. The van der Waals surface area contributed by atoms with E-state index in [1.54, 1.807) is 11.8 Å². The predicted molar refractivity (Wildman–Crippen MR) is 124 cm³/mol. The van der Waals surface area contributed by atoms with Crippen LogP contribution in [-0.4, -0.2) is 9.83 Å². The topological polar surface area (TPSA) is 0 Å². The summed E-state index contributed by atoms with van der Waals surface area (Å²) in [6, 6.07) is 6.77. The molecule has 0 aliphatic heterocycles. The molecule has 0 fully saturated rings. The van der Waals surface area contributed by atoms with E-state index in [1.807, 2.05) is 23.9 Å². The van der Waals surface area contributed by atoms with E-state index >= 15 is 0 Å². The first kappa shape index (κ1) is 24.1. The highest BCUT2D eigenvalue weighted by molar-refractivity contribution is 8.18. The minimum Gasteiger partial charge on any atom is -0.207 e.